The van der Waals surface area contributed by atoms with E-state index in [1.165, 1.54) is 0 Å². The molecule has 0 fully saturated rings. The number of aliphatic hydroxyl groups is 1. The van der Waals surface area contributed by atoms with E-state index in [4.69, 9.17) is 16.3 Å². The van der Waals surface area contributed by atoms with Gasteiger partial charge in [0.05, 0.1) is 5.02 Å². The molecule has 0 bridgehead atoms. The topological polar surface area (TPSA) is 41.5 Å². The summed E-state index contributed by atoms with van der Waals surface area (Å²) in [6, 6.07) is 13.1. The second-order valence-corrected chi connectivity index (χ2v) is 5.75. The van der Waals surface area contributed by atoms with Crippen molar-refractivity contribution < 1.29 is 9.84 Å². The lowest BCUT2D eigenvalue weighted by Gasteiger charge is -2.35. The van der Waals surface area contributed by atoms with Crippen molar-refractivity contribution in [1.29, 1.82) is 0 Å². The number of para-hydroxylation sites is 1. The Labute approximate surface area is 129 Å². The molecule has 2 aromatic carbocycles. The molecule has 0 radical (unpaired) electrons. The van der Waals surface area contributed by atoms with Gasteiger partial charge in [-0.05, 0) is 31.2 Å². The van der Waals surface area contributed by atoms with Gasteiger partial charge in [-0.1, -0.05) is 48.0 Å². The first-order valence-corrected chi connectivity index (χ1v) is 7.36. The van der Waals surface area contributed by atoms with Crippen LogP contribution in [0.1, 0.15) is 23.6 Å². The fraction of sp³-hybridized carbons (Fsp3) is 0.294. The van der Waals surface area contributed by atoms with Crippen LogP contribution in [0.15, 0.2) is 42.5 Å². The molecule has 21 heavy (non-hydrogen) atoms. The van der Waals surface area contributed by atoms with Gasteiger partial charge in [-0.15, -0.1) is 0 Å². The zero-order valence-corrected chi connectivity index (χ0v) is 12.8. The van der Waals surface area contributed by atoms with E-state index in [1.54, 1.807) is 6.07 Å². The Morgan fingerprint density at radius 1 is 1.19 bits per heavy atom. The van der Waals surface area contributed by atoms with Crippen molar-refractivity contribution in [2.75, 3.05) is 7.05 Å². The molecule has 1 aliphatic heterocycles. The minimum Gasteiger partial charge on any atom is -0.487 e. The Morgan fingerprint density at radius 3 is 2.67 bits per heavy atom. The number of halogens is 1. The van der Waals surface area contributed by atoms with Crippen LogP contribution in [0.25, 0.3) is 0 Å². The molecule has 2 aromatic rings. The molecule has 1 heterocycles. The fourth-order valence-corrected chi connectivity index (χ4v) is 3.17. The highest BCUT2D eigenvalue weighted by atomic mass is 35.5. The molecule has 0 saturated carbocycles. The molecule has 3 rings (SSSR count). The van der Waals surface area contributed by atoms with Crippen LogP contribution in [0.2, 0.25) is 5.02 Å². The smallest absolute Gasteiger partial charge is 0.144 e. The molecule has 0 amide bonds. The summed E-state index contributed by atoms with van der Waals surface area (Å²) in [5.41, 5.74) is 1.33. The summed E-state index contributed by atoms with van der Waals surface area (Å²) in [5.74, 6) is 0.556. The first kappa shape index (κ1) is 14.4. The van der Waals surface area contributed by atoms with Gasteiger partial charge in [0.1, 0.15) is 18.0 Å². The molecule has 2 unspecified atom stereocenters. The zero-order chi connectivity index (χ0) is 15.0. The van der Waals surface area contributed by atoms with E-state index in [9.17, 15) is 5.11 Å². The standard InChI is InChI=1S/C17H18ClNO2/c1-11(19-2)17(20)13-7-4-3-6-12(13)10-21-16-14(17)8-5-9-15(16)18/h3-9,11,19-20H,10H2,1-2H3. The third kappa shape index (κ3) is 2.13. The molecule has 0 aromatic heterocycles. The largest absolute Gasteiger partial charge is 0.487 e. The van der Waals surface area contributed by atoms with Crippen LogP contribution in [-0.4, -0.2) is 18.2 Å². The van der Waals surface area contributed by atoms with E-state index in [0.29, 0.717) is 22.9 Å². The van der Waals surface area contributed by atoms with Gasteiger partial charge in [-0.25, -0.2) is 0 Å². The SMILES string of the molecule is CNC(C)C1(O)c2ccccc2COc2c(Cl)cccc21. The highest BCUT2D eigenvalue weighted by Gasteiger charge is 2.42. The molecular weight excluding hydrogens is 286 g/mol. The lowest BCUT2D eigenvalue weighted by Crippen LogP contribution is -2.46. The van der Waals surface area contributed by atoms with E-state index in [-0.39, 0.29) is 6.04 Å². The molecular formula is C17H18ClNO2. The number of benzene rings is 2. The van der Waals surface area contributed by atoms with Crippen LogP contribution in [0.5, 0.6) is 5.75 Å². The quantitative estimate of drug-likeness (QED) is 0.896. The van der Waals surface area contributed by atoms with Crippen molar-refractivity contribution in [2.45, 2.75) is 25.2 Å². The number of fused-ring (bicyclic) bond motifs is 2. The summed E-state index contributed by atoms with van der Waals surface area (Å²) in [5, 5.41) is 15.2. The highest BCUT2D eigenvalue weighted by Crippen LogP contribution is 2.45. The lowest BCUT2D eigenvalue weighted by atomic mass is 9.79. The summed E-state index contributed by atoms with van der Waals surface area (Å²) in [6.45, 7) is 2.35. The Kier molecular flexibility index (Phi) is 3.66. The first-order valence-electron chi connectivity index (χ1n) is 6.99. The summed E-state index contributed by atoms with van der Waals surface area (Å²) in [7, 11) is 1.83. The maximum absolute atomic E-state index is 11.5. The third-order valence-corrected chi connectivity index (χ3v) is 4.53. The number of hydrogen-bond acceptors (Lipinski definition) is 3. The monoisotopic (exact) mass is 303 g/mol. The van der Waals surface area contributed by atoms with Gasteiger partial charge in [0, 0.05) is 11.6 Å². The lowest BCUT2D eigenvalue weighted by molar-refractivity contribution is 0.0461. The van der Waals surface area contributed by atoms with Crippen molar-refractivity contribution in [3.8, 4) is 5.75 Å². The van der Waals surface area contributed by atoms with Gasteiger partial charge < -0.3 is 15.2 Å². The summed E-state index contributed by atoms with van der Waals surface area (Å²) >= 11 is 6.28. The van der Waals surface area contributed by atoms with Crippen molar-refractivity contribution >= 4 is 11.6 Å². The van der Waals surface area contributed by atoms with E-state index < -0.39 is 5.60 Å². The summed E-state index contributed by atoms with van der Waals surface area (Å²) in [4.78, 5) is 0. The molecule has 2 atom stereocenters. The van der Waals surface area contributed by atoms with Gasteiger partial charge in [-0.2, -0.15) is 0 Å². The molecule has 4 heteroatoms. The molecule has 0 aliphatic carbocycles. The zero-order valence-electron chi connectivity index (χ0n) is 12.1. The van der Waals surface area contributed by atoms with Crippen molar-refractivity contribution in [3.05, 3.63) is 64.2 Å². The minimum absolute atomic E-state index is 0.197. The minimum atomic E-state index is -1.19. The molecule has 0 saturated heterocycles. The molecule has 110 valence electrons. The summed E-state index contributed by atoms with van der Waals surface area (Å²) < 4.78 is 5.88. The normalized spacial score (nSPS) is 21.7. The van der Waals surface area contributed by atoms with Crippen LogP contribution >= 0.6 is 11.6 Å². The number of ether oxygens (including phenoxy) is 1. The maximum Gasteiger partial charge on any atom is 0.144 e. The fourth-order valence-electron chi connectivity index (χ4n) is 2.94. The van der Waals surface area contributed by atoms with Gasteiger partial charge in [0.25, 0.3) is 0 Å². The molecule has 2 N–H and O–H groups in total. The Balaban J connectivity index is 2.33. The van der Waals surface area contributed by atoms with E-state index in [0.717, 1.165) is 11.1 Å². The number of rotatable bonds is 2. The number of hydrogen-bond donors (Lipinski definition) is 2. The predicted octanol–water partition coefficient (Wildman–Crippen LogP) is 3.08. The average molecular weight is 304 g/mol. The van der Waals surface area contributed by atoms with Crippen molar-refractivity contribution in [2.24, 2.45) is 0 Å². The van der Waals surface area contributed by atoms with Crippen LogP contribution in [0.3, 0.4) is 0 Å². The Morgan fingerprint density at radius 2 is 1.90 bits per heavy atom. The van der Waals surface area contributed by atoms with E-state index >= 15 is 0 Å². The van der Waals surface area contributed by atoms with E-state index in [1.807, 2.05) is 50.4 Å². The Hall–Kier alpha value is -1.55. The second kappa shape index (κ2) is 5.34. The third-order valence-electron chi connectivity index (χ3n) is 4.24. The van der Waals surface area contributed by atoms with E-state index in [2.05, 4.69) is 5.32 Å². The van der Waals surface area contributed by atoms with Crippen molar-refractivity contribution in [3.63, 3.8) is 0 Å². The Bertz CT molecular complexity index is 674. The van der Waals surface area contributed by atoms with Crippen LogP contribution in [0.4, 0.5) is 0 Å². The molecule has 3 nitrogen and oxygen atoms in total. The summed E-state index contributed by atoms with van der Waals surface area (Å²) in [6.07, 6.45) is 0. The molecule has 1 aliphatic rings. The predicted molar refractivity (Wildman–Crippen MR) is 83.7 cm³/mol. The van der Waals surface area contributed by atoms with Crippen LogP contribution in [-0.2, 0) is 12.2 Å². The van der Waals surface area contributed by atoms with Crippen LogP contribution < -0.4 is 10.1 Å². The van der Waals surface area contributed by atoms with Gasteiger partial charge in [-0.3, -0.25) is 0 Å². The molecule has 0 spiro atoms. The van der Waals surface area contributed by atoms with Gasteiger partial charge >= 0.3 is 0 Å². The van der Waals surface area contributed by atoms with Gasteiger partial charge in [0.15, 0.2) is 0 Å². The highest BCUT2D eigenvalue weighted by molar-refractivity contribution is 6.32. The first-order chi connectivity index (χ1) is 10.1. The van der Waals surface area contributed by atoms with Crippen LogP contribution in [0, 0.1) is 0 Å². The number of likely N-dealkylation sites (N-methyl/N-ethyl adjacent to an activating group) is 1. The maximum atomic E-state index is 11.5. The second-order valence-electron chi connectivity index (χ2n) is 5.34. The average Bonchev–Trinajstić information content (AvgIpc) is 2.64. The number of nitrogens with one attached hydrogen (secondary N) is 1. The van der Waals surface area contributed by atoms with Gasteiger partial charge in [0.2, 0.25) is 0 Å². The van der Waals surface area contributed by atoms with Crippen molar-refractivity contribution in [1.82, 2.24) is 5.32 Å².